The van der Waals surface area contributed by atoms with Gasteiger partial charge in [-0.3, -0.25) is 0 Å². The Balaban J connectivity index is 2.42. The molecule has 1 N–H and O–H groups in total. The highest BCUT2D eigenvalue weighted by atomic mass is 16.3. The SMILES string of the molecule is CCCCC(CC)CCCC(CCCC)Cc1ccc(O)cc1. The van der Waals surface area contributed by atoms with Crippen molar-refractivity contribution in [2.24, 2.45) is 11.8 Å². The Bertz CT molecular complexity index is 381. The van der Waals surface area contributed by atoms with E-state index in [1.807, 2.05) is 12.1 Å². The number of unbranched alkanes of at least 4 members (excludes halogenated alkanes) is 2. The topological polar surface area (TPSA) is 20.2 Å². The van der Waals surface area contributed by atoms with E-state index in [4.69, 9.17) is 0 Å². The maximum absolute atomic E-state index is 9.43. The van der Waals surface area contributed by atoms with Crippen molar-refractivity contribution < 1.29 is 5.11 Å². The first-order valence-electron chi connectivity index (χ1n) is 9.97. The van der Waals surface area contributed by atoms with E-state index in [0.29, 0.717) is 5.75 Å². The van der Waals surface area contributed by atoms with Crippen LogP contribution in [-0.4, -0.2) is 5.11 Å². The van der Waals surface area contributed by atoms with E-state index < -0.39 is 0 Å². The van der Waals surface area contributed by atoms with Crippen LogP contribution in [0.2, 0.25) is 0 Å². The van der Waals surface area contributed by atoms with Crippen LogP contribution in [0.3, 0.4) is 0 Å². The molecule has 0 aliphatic carbocycles. The molecule has 23 heavy (non-hydrogen) atoms. The summed E-state index contributed by atoms with van der Waals surface area (Å²) in [6.07, 6.45) is 14.8. The van der Waals surface area contributed by atoms with E-state index in [9.17, 15) is 5.11 Å². The Kier molecular flexibility index (Phi) is 10.9. The molecule has 1 heteroatoms. The van der Waals surface area contributed by atoms with Gasteiger partial charge in [-0.2, -0.15) is 0 Å². The van der Waals surface area contributed by atoms with Gasteiger partial charge in [0.1, 0.15) is 5.75 Å². The molecule has 1 aromatic carbocycles. The summed E-state index contributed by atoms with van der Waals surface area (Å²) in [5, 5.41) is 9.43. The highest BCUT2D eigenvalue weighted by molar-refractivity contribution is 5.26. The molecule has 2 unspecified atom stereocenters. The van der Waals surface area contributed by atoms with E-state index in [1.165, 1.54) is 76.2 Å². The Morgan fingerprint density at radius 3 is 1.83 bits per heavy atom. The van der Waals surface area contributed by atoms with Crippen molar-refractivity contribution in [3.05, 3.63) is 29.8 Å². The number of aromatic hydroxyl groups is 1. The predicted octanol–water partition coefficient (Wildman–Crippen LogP) is 7.13. The second-order valence-corrected chi connectivity index (χ2v) is 7.23. The maximum Gasteiger partial charge on any atom is 0.115 e. The summed E-state index contributed by atoms with van der Waals surface area (Å²) in [7, 11) is 0. The second kappa shape index (κ2) is 12.4. The summed E-state index contributed by atoms with van der Waals surface area (Å²) in [6, 6.07) is 7.82. The number of hydrogen-bond donors (Lipinski definition) is 1. The van der Waals surface area contributed by atoms with Crippen LogP contribution < -0.4 is 0 Å². The normalized spacial score (nSPS) is 13.9. The molecule has 1 aromatic rings. The minimum absolute atomic E-state index is 0.376. The molecule has 1 rings (SSSR count). The van der Waals surface area contributed by atoms with Gasteiger partial charge >= 0.3 is 0 Å². The van der Waals surface area contributed by atoms with Crippen molar-refractivity contribution >= 4 is 0 Å². The van der Waals surface area contributed by atoms with Gasteiger partial charge in [-0.15, -0.1) is 0 Å². The Hall–Kier alpha value is -0.980. The van der Waals surface area contributed by atoms with Crippen molar-refractivity contribution in [1.82, 2.24) is 0 Å². The molecule has 0 saturated carbocycles. The number of rotatable bonds is 13. The van der Waals surface area contributed by atoms with Crippen LogP contribution in [0.4, 0.5) is 0 Å². The summed E-state index contributed by atoms with van der Waals surface area (Å²) >= 11 is 0. The Morgan fingerprint density at radius 2 is 1.26 bits per heavy atom. The van der Waals surface area contributed by atoms with E-state index in [0.717, 1.165) is 11.8 Å². The first-order chi connectivity index (χ1) is 11.2. The van der Waals surface area contributed by atoms with Gasteiger partial charge in [-0.05, 0) is 36.0 Å². The number of hydrogen-bond acceptors (Lipinski definition) is 1. The van der Waals surface area contributed by atoms with Gasteiger partial charge in [0.2, 0.25) is 0 Å². The number of phenolic OH excluding ortho intramolecular Hbond substituents is 1. The van der Waals surface area contributed by atoms with Crippen molar-refractivity contribution in [2.75, 3.05) is 0 Å². The van der Waals surface area contributed by atoms with Crippen LogP contribution in [0.1, 0.15) is 90.5 Å². The molecule has 132 valence electrons. The van der Waals surface area contributed by atoms with Gasteiger partial charge in [0.05, 0.1) is 0 Å². The summed E-state index contributed by atoms with van der Waals surface area (Å²) in [5.74, 6) is 2.12. The van der Waals surface area contributed by atoms with Crippen LogP contribution in [0.15, 0.2) is 24.3 Å². The maximum atomic E-state index is 9.43. The highest BCUT2D eigenvalue weighted by Crippen LogP contribution is 2.25. The standard InChI is InChI=1S/C22H38O/c1-4-7-10-19(6-3)12-9-13-20(11-8-5-2)18-21-14-16-22(23)17-15-21/h14-17,19-20,23H,4-13,18H2,1-3H3. The first kappa shape index (κ1) is 20.1. The zero-order valence-corrected chi connectivity index (χ0v) is 15.7. The largest absolute Gasteiger partial charge is 0.508 e. The quantitative estimate of drug-likeness (QED) is 0.410. The van der Waals surface area contributed by atoms with E-state index in [2.05, 4.69) is 32.9 Å². The minimum atomic E-state index is 0.376. The third-order valence-corrected chi connectivity index (χ3v) is 5.19. The molecule has 0 bridgehead atoms. The molecule has 0 saturated heterocycles. The minimum Gasteiger partial charge on any atom is -0.508 e. The van der Waals surface area contributed by atoms with E-state index in [-0.39, 0.29) is 0 Å². The number of benzene rings is 1. The zero-order valence-electron chi connectivity index (χ0n) is 15.7. The molecule has 0 heterocycles. The van der Waals surface area contributed by atoms with Crippen LogP contribution in [-0.2, 0) is 6.42 Å². The molecule has 0 radical (unpaired) electrons. The molecule has 0 aliphatic heterocycles. The van der Waals surface area contributed by atoms with Gasteiger partial charge in [0.25, 0.3) is 0 Å². The fourth-order valence-corrected chi connectivity index (χ4v) is 3.55. The Labute approximate surface area is 144 Å². The van der Waals surface area contributed by atoms with Gasteiger partial charge < -0.3 is 5.11 Å². The van der Waals surface area contributed by atoms with Crippen molar-refractivity contribution in [3.8, 4) is 5.75 Å². The van der Waals surface area contributed by atoms with Crippen molar-refractivity contribution in [3.63, 3.8) is 0 Å². The molecule has 1 nitrogen and oxygen atoms in total. The lowest BCUT2D eigenvalue weighted by molar-refractivity contribution is 0.359. The predicted molar refractivity (Wildman–Crippen MR) is 102 cm³/mol. The lowest BCUT2D eigenvalue weighted by Crippen LogP contribution is -2.07. The van der Waals surface area contributed by atoms with Crippen LogP contribution in [0.5, 0.6) is 5.75 Å². The molecule has 0 aliphatic rings. The monoisotopic (exact) mass is 318 g/mol. The molecular weight excluding hydrogens is 280 g/mol. The number of phenols is 1. The van der Waals surface area contributed by atoms with Gasteiger partial charge in [0.15, 0.2) is 0 Å². The molecule has 0 spiro atoms. The Morgan fingerprint density at radius 1 is 0.739 bits per heavy atom. The zero-order chi connectivity index (χ0) is 16.9. The third-order valence-electron chi connectivity index (χ3n) is 5.19. The average molecular weight is 319 g/mol. The molecule has 0 amide bonds. The lowest BCUT2D eigenvalue weighted by atomic mass is 9.86. The van der Waals surface area contributed by atoms with Crippen molar-refractivity contribution in [1.29, 1.82) is 0 Å². The van der Waals surface area contributed by atoms with Crippen LogP contribution in [0, 0.1) is 11.8 Å². The third kappa shape index (κ3) is 9.03. The van der Waals surface area contributed by atoms with Gasteiger partial charge in [0, 0.05) is 0 Å². The van der Waals surface area contributed by atoms with Crippen molar-refractivity contribution in [2.45, 2.75) is 91.4 Å². The fraction of sp³-hybridized carbons (Fsp3) is 0.727. The lowest BCUT2D eigenvalue weighted by Gasteiger charge is -2.19. The van der Waals surface area contributed by atoms with Crippen LogP contribution >= 0.6 is 0 Å². The highest BCUT2D eigenvalue weighted by Gasteiger charge is 2.12. The van der Waals surface area contributed by atoms with Gasteiger partial charge in [-0.1, -0.05) is 97.1 Å². The molecule has 2 atom stereocenters. The summed E-state index contributed by atoms with van der Waals surface area (Å²) in [5.41, 5.74) is 1.38. The first-order valence-corrected chi connectivity index (χ1v) is 9.97. The summed E-state index contributed by atoms with van der Waals surface area (Å²) in [6.45, 7) is 6.94. The molecule has 0 aromatic heterocycles. The molecule has 0 fully saturated rings. The average Bonchev–Trinajstić information content (AvgIpc) is 2.57. The smallest absolute Gasteiger partial charge is 0.115 e. The van der Waals surface area contributed by atoms with Crippen LogP contribution in [0.25, 0.3) is 0 Å². The van der Waals surface area contributed by atoms with Gasteiger partial charge in [-0.25, -0.2) is 0 Å². The summed E-state index contributed by atoms with van der Waals surface area (Å²) in [4.78, 5) is 0. The second-order valence-electron chi connectivity index (χ2n) is 7.23. The summed E-state index contributed by atoms with van der Waals surface area (Å²) < 4.78 is 0. The van der Waals surface area contributed by atoms with E-state index in [1.54, 1.807) is 0 Å². The molecular formula is C22H38O. The fourth-order valence-electron chi connectivity index (χ4n) is 3.55. The van der Waals surface area contributed by atoms with E-state index >= 15 is 0 Å².